The monoisotopic (exact) mass is 899 g/mol. The molecule has 0 atom stereocenters. The summed E-state index contributed by atoms with van der Waals surface area (Å²) in [6, 6.07) is 102. The molecular weight excluding hydrogens is 855 g/mol. The van der Waals surface area contributed by atoms with E-state index in [1.54, 1.807) is 0 Å². The van der Waals surface area contributed by atoms with Crippen molar-refractivity contribution in [3.05, 3.63) is 317 Å². The number of hydrogen-bond acceptors (Lipinski definition) is 1. The van der Waals surface area contributed by atoms with Gasteiger partial charge in [0.15, 0.2) is 0 Å². The lowest BCUT2D eigenvalue weighted by atomic mass is 9.52. The van der Waals surface area contributed by atoms with Crippen LogP contribution in [0.15, 0.2) is 273 Å². The third-order valence-electron chi connectivity index (χ3n) is 16.1. The predicted octanol–water partition coefficient (Wildman–Crippen LogP) is 17.8. The van der Waals surface area contributed by atoms with E-state index in [2.05, 4.69) is 278 Å². The Morgan fingerprint density at radius 1 is 0.211 bits per heavy atom. The Bertz CT molecular complexity index is 4030. The summed E-state index contributed by atoms with van der Waals surface area (Å²) < 4.78 is 0. The lowest BCUT2D eigenvalue weighted by Gasteiger charge is -2.48. The first-order valence-corrected chi connectivity index (χ1v) is 24.8. The molecule has 15 rings (SSSR count). The van der Waals surface area contributed by atoms with Gasteiger partial charge in [-0.15, -0.1) is 0 Å². The van der Waals surface area contributed by atoms with Crippen molar-refractivity contribution in [2.24, 2.45) is 0 Å². The molecule has 0 aromatic heterocycles. The SMILES string of the molecule is c1ccc(N(c2ccc(-c3ccc4c(c3)C3(c5ccccc5-4)c4ccccc4C4(c5ccccc5-c5ccccc54)c4ccccc43)cc2)c2cccc(-c3ccc4ccc5ccccc5c4c3)c2)cc1. The van der Waals surface area contributed by atoms with Crippen molar-refractivity contribution < 1.29 is 0 Å². The van der Waals surface area contributed by atoms with E-state index in [1.807, 2.05) is 0 Å². The first-order valence-electron chi connectivity index (χ1n) is 24.8. The van der Waals surface area contributed by atoms with E-state index in [0.29, 0.717) is 0 Å². The molecule has 1 heteroatoms. The molecule has 0 radical (unpaired) electrons. The van der Waals surface area contributed by atoms with Crippen LogP contribution < -0.4 is 4.90 Å². The molecule has 330 valence electrons. The van der Waals surface area contributed by atoms with Crippen molar-refractivity contribution in [1.29, 1.82) is 0 Å². The normalized spacial score (nSPS) is 13.9. The highest BCUT2D eigenvalue weighted by Crippen LogP contribution is 2.67. The Kier molecular flexibility index (Phi) is 8.56. The molecule has 0 N–H and O–H groups in total. The molecule has 12 aromatic carbocycles. The summed E-state index contributed by atoms with van der Waals surface area (Å²) in [5, 5.41) is 5.06. The zero-order valence-corrected chi connectivity index (χ0v) is 38.9. The smallest absolute Gasteiger partial charge is 0.0720 e. The standard InChI is InChI=1S/C70H45N/c1-2-19-52(20-3-1)71(54-21-16-18-49(43-54)50-36-35-48-34-33-47-17-4-5-22-55(47)60(48)44-50)53-40-37-46(38-41-53)51-39-42-59-58-25-8-11-28-63(58)70(68(59)45-51)66-31-14-12-29-64(66)69(65-30-13-15-32-67(65)70)61-26-9-6-23-56(61)57-24-7-10-27-62(57)69/h1-45H. The molecule has 0 aliphatic heterocycles. The van der Waals surface area contributed by atoms with E-state index in [1.165, 1.54) is 111 Å². The lowest BCUT2D eigenvalue weighted by Crippen LogP contribution is -2.43. The zero-order chi connectivity index (χ0) is 46.7. The number of hydrogen-bond donors (Lipinski definition) is 0. The fourth-order valence-electron chi connectivity index (χ4n) is 13.3. The Morgan fingerprint density at radius 2 is 0.620 bits per heavy atom. The Morgan fingerprint density at radius 3 is 1.24 bits per heavy atom. The van der Waals surface area contributed by atoms with E-state index >= 15 is 0 Å². The van der Waals surface area contributed by atoms with Gasteiger partial charge in [0.2, 0.25) is 0 Å². The summed E-state index contributed by atoms with van der Waals surface area (Å²) in [4.78, 5) is 2.38. The van der Waals surface area contributed by atoms with Gasteiger partial charge in [0, 0.05) is 17.1 Å². The number of anilines is 3. The molecule has 3 aliphatic rings. The summed E-state index contributed by atoms with van der Waals surface area (Å²) in [5.74, 6) is 0. The van der Waals surface area contributed by atoms with Crippen LogP contribution in [0.25, 0.3) is 66.1 Å². The minimum Gasteiger partial charge on any atom is -0.310 e. The Labute approximate surface area is 414 Å². The topological polar surface area (TPSA) is 3.24 Å². The molecule has 0 fully saturated rings. The van der Waals surface area contributed by atoms with Crippen molar-refractivity contribution in [3.8, 4) is 44.5 Å². The van der Waals surface area contributed by atoms with Gasteiger partial charge in [-0.3, -0.25) is 0 Å². The molecule has 0 heterocycles. The summed E-state index contributed by atoms with van der Waals surface area (Å²) in [5.41, 5.74) is 23.1. The highest BCUT2D eigenvalue weighted by Gasteiger charge is 2.58. The van der Waals surface area contributed by atoms with E-state index < -0.39 is 10.8 Å². The molecule has 0 bridgehead atoms. The maximum absolute atomic E-state index is 2.51. The molecule has 1 nitrogen and oxygen atoms in total. The van der Waals surface area contributed by atoms with Crippen LogP contribution in [0, 0.1) is 0 Å². The zero-order valence-electron chi connectivity index (χ0n) is 38.9. The molecule has 0 unspecified atom stereocenters. The maximum Gasteiger partial charge on any atom is 0.0720 e. The molecule has 3 aliphatic carbocycles. The molecule has 0 amide bonds. The van der Waals surface area contributed by atoms with E-state index in [9.17, 15) is 0 Å². The second-order valence-corrected chi connectivity index (χ2v) is 19.5. The van der Waals surface area contributed by atoms with Crippen molar-refractivity contribution >= 4 is 38.6 Å². The van der Waals surface area contributed by atoms with Crippen LogP contribution in [-0.4, -0.2) is 0 Å². The molecule has 2 spiro atoms. The summed E-state index contributed by atoms with van der Waals surface area (Å²) in [7, 11) is 0. The molecular formula is C70H45N. The lowest BCUT2D eigenvalue weighted by molar-refractivity contribution is 0.633. The summed E-state index contributed by atoms with van der Waals surface area (Å²) in [6.07, 6.45) is 0. The van der Waals surface area contributed by atoms with Gasteiger partial charge in [0.05, 0.1) is 10.8 Å². The third kappa shape index (κ3) is 5.52. The van der Waals surface area contributed by atoms with Gasteiger partial charge in [-0.2, -0.15) is 0 Å². The van der Waals surface area contributed by atoms with Gasteiger partial charge in [0.25, 0.3) is 0 Å². The summed E-state index contributed by atoms with van der Waals surface area (Å²) in [6.45, 7) is 0. The largest absolute Gasteiger partial charge is 0.310 e. The molecule has 71 heavy (non-hydrogen) atoms. The predicted molar refractivity (Wildman–Crippen MR) is 295 cm³/mol. The fourth-order valence-corrected chi connectivity index (χ4v) is 13.3. The van der Waals surface area contributed by atoms with Crippen LogP contribution in [0.1, 0.15) is 44.5 Å². The van der Waals surface area contributed by atoms with Gasteiger partial charge in [-0.25, -0.2) is 0 Å². The van der Waals surface area contributed by atoms with Gasteiger partial charge >= 0.3 is 0 Å². The Hall–Kier alpha value is -9.04. The van der Waals surface area contributed by atoms with E-state index in [-0.39, 0.29) is 0 Å². The van der Waals surface area contributed by atoms with Gasteiger partial charge in [0.1, 0.15) is 0 Å². The van der Waals surface area contributed by atoms with Crippen molar-refractivity contribution in [2.45, 2.75) is 10.8 Å². The number of rotatable bonds is 5. The highest BCUT2D eigenvalue weighted by atomic mass is 15.1. The molecule has 0 saturated carbocycles. The fraction of sp³-hybridized carbons (Fsp3) is 0.0286. The first kappa shape index (κ1) is 39.9. The van der Waals surface area contributed by atoms with Crippen molar-refractivity contribution in [3.63, 3.8) is 0 Å². The second kappa shape index (κ2) is 15.2. The van der Waals surface area contributed by atoms with Gasteiger partial charge in [-0.1, -0.05) is 224 Å². The van der Waals surface area contributed by atoms with E-state index in [4.69, 9.17) is 0 Å². The van der Waals surface area contributed by atoms with Crippen LogP contribution in [0.4, 0.5) is 17.1 Å². The number of benzene rings is 12. The van der Waals surface area contributed by atoms with E-state index in [0.717, 1.165) is 17.1 Å². The third-order valence-corrected chi connectivity index (χ3v) is 16.1. The first-order chi connectivity index (χ1) is 35.2. The second-order valence-electron chi connectivity index (χ2n) is 19.5. The maximum atomic E-state index is 2.51. The molecule has 0 saturated heterocycles. The minimum absolute atomic E-state index is 0.467. The Balaban J connectivity index is 0.873. The summed E-state index contributed by atoms with van der Waals surface area (Å²) >= 11 is 0. The van der Waals surface area contributed by atoms with Crippen molar-refractivity contribution in [2.75, 3.05) is 4.90 Å². The molecule has 12 aromatic rings. The minimum atomic E-state index is -0.542. The number of fused-ring (bicyclic) bond motifs is 19. The van der Waals surface area contributed by atoms with Gasteiger partial charge in [-0.05, 0) is 159 Å². The highest BCUT2D eigenvalue weighted by molar-refractivity contribution is 6.09. The number of para-hydroxylation sites is 1. The average Bonchev–Trinajstić information content (AvgIpc) is 3.91. The van der Waals surface area contributed by atoms with Crippen molar-refractivity contribution in [1.82, 2.24) is 0 Å². The van der Waals surface area contributed by atoms with Crippen LogP contribution in [0.2, 0.25) is 0 Å². The average molecular weight is 900 g/mol. The van der Waals surface area contributed by atoms with Crippen LogP contribution in [0.3, 0.4) is 0 Å². The number of nitrogens with zero attached hydrogens (tertiary/aromatic N) is 1. The van der Waals surface area contributed by atoms with Crippen LogP contribution in [0.5, 0.6) is 0 Å². The van der Waals surface area contributed by atoms with Gasteiger partial charge < -0.3 is 4.90 Å². The van der Waals surface area contributed by atoms with Crippen LogP contribution >= 0.6 is 0 Å². The quantitative estimate of drug-likeness (QED) is 0.156. The van der Waals surface area contributed by atoms with Crippen LogP contribution in [-0.2, 0) is 10.8 Å².